The first-order chi connectivity index (χ1) is 14.9. The summed E-state index contributed by atoms with van der Waals surface area (Å²) in [6, 6.07) is 2.62. The number of rotatable bonds is 6. The second-order valence-electron chi connectivity index (χ2n) is 8.64. The highest BCUT2D eigenvalue weighted by atomic mass is 32.1. The molecule has 6 nitrogen and oxygen atoms in total. The van der Waals surface area contributed by atoms with Crippen molar-refractivity contribution in [2.75, 3.05) is 38.2 Å². The number of aromatic nitrogens is 1. The SMILES string of the molecule is CCN(c1sc2c(c1C)C(=O)N(Cc1c(C)cc(C)nc1OC)CC2)C1CCNCC1. The monoisotopic (exact) mass is 442 g/mol. The Kier molecular flexibility index (Phi) is 6.53. The van der Waals surface area contributed by atoms with Gasteiger partial charge in [0.1, 0.15) is 0 Å². The van der Waals surface area contributed by atoms with Crippen molar-refractivity contribution in [3.05, 3.63) is 38.9 Å². The molecule has 7 heteroatoms. The third kappa shape index (κ3) is 4.17. The largest absolute Gasteiger partial charge is 0.481 e. The number of thiophene rings is 1. The first-order valence-electron chi connectivity index (χ1n) is 11.3. The quantitative estimate of drug-likeness (QED) is 0.736. The number of carbonyl (C=O) groups is 1. The van der Waals surface area contributed by atoms with Crippen LogP contribution in [-0.4, -0.2) is 55.1 Å². The molecule has 1 amide bonds. The van der Waals surface area contributed by atoms with Crippen LogP contribution in [0.4, 0.5) is 5.00 Å². The van der Waals surface area contributed by atoms with Crippen molar-refractivity contribution < 1.29 is 9.53 Å². The summed E-state index contributed by atoms with van der Waals surface area (Å²) in [6.45, 7) is 12.8. The van der Waals surface area contributed by atoms with Gasteiger partial charge in [-0.05, 0) is 70.8 Å². The van der Waals surface area contributed by atoms with E-state index in [2.05, 4.69) is 42.0 Å². The Balaban J connectivity index is 1.61. The lowest BCUT2D eigenvalue weighted by atomic mass is 10.0. The van der Waals surface area contributed by atoms with E-state index in [9.17, 15) is 4.79 Å². The molecular formula is C24H34N4O2S. The van der Waals surface area contributed by atoms with Crippen LogP contribution in [0.15, 0.2) is 6.07 Å². The van der Waals surface area contributed by atoms with Gasteiger partial charge < -0.3 is 19.9 Å². The normalized spacial score (nSPS) is 17.1. The summed E-state index contributed by atoms with van der Waals surface area (Å²) in [6.07, 6.45) is 3.24. The fourth-order valence-corrected chi connectivity index (χ4v) is 6.42. The highest BCUT2D eigenvalue weighted by Crippen LogP contribution is 2.40. The van der Waals surface area contributed by atoms with Crippen LogP contribution in [-0.2, 0) is 13.0 Å². The summed E-state index contributed by atoms with van der Waals surface area (Å²) in [4.78, 5) is 23.8. The van der Waals surface area contributed by atoms with Crippen LogP contribution in [0.25, 0.3) is 0 Å². The zero-order valence-electron chi connectivity index (χ0n) is 19.4. The predicted molar refractivity (Wildman–Crippen MR) is 127 cm³/mol. The highest BCUT2D eigenvalue weighted by Gasteiger charge is 2.33. The number of hydrogen-bond acceptors (Lipinski definition) is 6. The van der Waals surface area contributed by atoms with Crippen LogP contribution in [0.3, 0.4) is 0 Å². The van der Waals surface area contributed by atoms with Gasteiger partial charge >= 0.3 is 0 Å². The van der Waals surface area contributed by atoms with E-state index in [1.807, 2.05) is 23.2 Å². The van der Waals surface area contributed by atoms with Crippen molar-refractivity contribution in [3.63, 3.8) is 0 Å². The smallest absolute Gasteiger partial charge is 0.255 e. The van der Waals surface area contributed by atoms with Gasteiger partial charge in [-0.3, -0.25) is 4.79 Å². The second kappa shape index (κ2) is 9.17. The summed E-state index contributed by atoms with van der Waals surface area (Å²) in [5.74, 6) is 0.770. The molecule has 4 heterocycles. The standard InChI is InChI=1S/C24H34N4O2S/c1-6-28(18-7-10-25-11-8-18)24-17(4)21-20(31-24)9-12-27(23(21)29)14-19-15(2)13-16(3)26-22(19)30-5/h13,18,25H,6-12,14H2,1-5H3. The van der Waals surface area contributed by atoms with Crippen molar-refractivity contribution in [2.24, 2.45) is 0 Å². The maximum absolute atomic E-state index is 13.6. The molecule has 2 aromatic rings. The average Bonchev–Trinajstić information content (AvgIpc) is 3.09. The molecule has 4 rings (SSSR count). The first kappa shape index (κ1) is 22.1. The highest BCUT2D eigenvalue weighted by molar-refractivity contribution is 7.16. The maximum Gasteiger partial charge on any atom is 0.255 e. The summed E-state index contributed by atoms with van der Waals surface area (Å²) >= 11 is 1.83. The molecule has 2 aromatic heterocycles. The molecule has 0 unspecified atom stereocenters. The van der Waals surface area contributed by atoms with Crippen LogP contribution in [0.2, 0.25) is 0 Å². The Morgan fingerprint density at radius 2 is 2.03 bits per heavy atom. The van der Waals surface area contributed by atoms with Gasteiger partial charge in [0.05, 0.1) is 24.2 Å². The van der Waals surface area contributed by atoms with Gasteiger partial charge in [0.2, 0.25) is 5.88 Å². The van der Waals surface area contributed by atoms with Gasteiger partial charge in [-0.1, -0.05) is 0 Å². The first-order valence-corrected chi connectivity index (χ1v) is 12.2. The lowest BCUT2D eigenvalue weighted by Crippen LogP contribution is -2.43. The van der Waals surface area contributed by atoms with Crippen LogP contribution in [0.1, 0.15) is 57.4 Å². The summed E-state index contributed by atoms with van der Waals surface area (Å²) in [5, 5.41) is 4.75. The Hall–Kier alpha value is -2.12. The zero-order chi connectivity index (χ0) is 22.1. The third-order valence-electron chi connectivity index (χ3n) is 6.64. The van der Waals surface area contributed by atoms with Crippen molar-refractivity contribution in [1.82, 2.24) is 15.2 Å². The number of carbonyl (C=O) groups excluding carboxylic acids is 1. The molecule has 2 aliphatic heterocycles. The van der Waals surface area contributed by atoms with Gasteiger partial charge in [-0.15, -0.1) is 11.3 Å². The summed E-state index contributed by atoms with van der Waals surface area (Å²) in [7, 11) is 1.65. The molecular weight excluding hydrogens is 408 g/mol. The fraction of sp³-hybridized carbons (Fsp3) is 0.583. The van der Waals surface area contributed by atoms with Gasteiger partial charge in [-0.25, -0.2) is 4.98 Å². The van der Waals surface area contributed by atoms with E-state index in [0.29, 0.717) is 18.5 Å². The van der Waals surface area contributed by atoms with Crippen LogP contribution in [0, 0.1) is 20.8 Å². The molecule has 0 aromatic carbocycles. The topological polar surface area (TPSA) is 57.7 Å². The number of methoxy groups -OCH3 is 1. The van der Waals surface area contributed by atoms with Crippen molar-refractivity contribution in [1.29, 1.82) is 0 Å². The number of nitrogens with one attached hydrogen (secondary N) is 1. The number of ether oxygens (including phenoxy) is 1. The lowest BCUT2D eigenvalue weighted by molar-refractivity contribution is 0.0726. The zero-order valence-corrected chi connectivity index (χ0v) is 20.2. The van der Waals surface area contributed by atoms with Gasteiger partial charge in [0.15, 0.2) is 0 Å². The second-order valence-corrected chi connectivity index (χ2v) is 9.73. The molecule has 1 fully saturated rings. The molecule has 168 valence electrons. The van der Waals surface area contributed by atoms with Gasteiger partial charge in [-0.2, -0.15) is 0 Å². The van der Waals surface area contributed by atoms with Crippen molar-refractivity contribution >= 4 is 22.2 Å². The number of piperidine rings is 1. The summed E-state index contributed by atoms with van der Waals surface area (Å²) < 4.78 is 5.54. The van der Waals surface area contributed by atoms with E-state index in [0.717, 1.165) is 73.4 Å². The summed E-state index contributed by atoms with van der Waals surface area (Å²) in [5.41, 5.74) is 5.13. The Bertz CT molecular complexity index is 965. The molecule has 31 heavy (non-hydrogen) atoms. The molecule has 0 aliphatic carbocycles. The minimum atomic E-state index is 0.143. The maximum atomic E-state index is 13.6. The Labute approximate surface area is 189 Å². The minimum absolute atomic E-state index is 0.143. The van der Waals surface area contributed by atoms with Crippen molar-refractivity contribution in [3.8, 4) is 5.88 Å². The molecule has 0 spiro atoms. The molecule has 0 saturated carbocycles. The van der Waals surface area contributed by atoms with Crippen LogP contribution < -0.4 is 15.0 Å². The lowest BCUT2D eigenvalue weighted by Gasteiger charge is -2.35. The molecule has 0 atom stereocenters. The van der Waals surface area contributed by atoms with Gasteiger partial charge in [0.25, 0.3) is 5.91 Å². The van der Waals surface area contributed by atoms with E-state index >= 15 is 0 Å². The number of pyridine rings is 1. The third-order valence-corrected chi connectivity index (χ3v) is 8.02. The number of aryl methyl sites for hydroxylation is 2. The van der Waals surface area contributed by atoms with E-state index in [1.165, 1.54) is 9.88 Å². The van der Waals surface area contributed by atoms with Crippen LogP contribution >= 0.6 is 11.3 Å². The number of hydrogen-bond donors (Lipinski definition) is 1. The fourth-order valence-electron chi connectivity index (χ4n) is 5.00. The molecule has 1 N–H and O–H groups in total. The molecule has 2 aliphatic rings. The van der Waals surface area contributed by atoms with E-state index < -0.39 is 0 Å². The van der Waals surface area contributed by atoms with Gasteiger partial charge in [0, 0.05) is 41.7 Å². The average molecular weight is 443 g/mol. The van der Waals surface area contributed by atoms with E-state index in [1.54, 1.807) is 7.11 Å². The predicted octanol–water partition coefficient (Wildman–Crippen LogP) is 3.85. The molecule has 1 saturated heterocycles. The van der Waals surface area contributed by atoms with E-state index in [-0.39, 0.29) is 5.91 Å². The number of amides is 1. The Morgan fingerprint density at radius 3 is 2.71 bits per heavy atom. The van der Waals surface area contributed by atoms with E-state index in [4.69, 9.17) is 4.74 Å². The number of anilines is 1. The van der Waals surface area contributed by atoms with Crippen molar-refractivity contribution in [2.45, 2.75) is 59.5 Å². The molecule has 0 radical (unpaired) electrons. The number of nitrogens with zero attached hydrogens (tertiary/aromatic N) is 3. The van der Waals surface area contributed by atoms with Crippen LogP contribution in [0.5, 0.6) is 5.88 Å². The minimum Gasteiger partial charge on any atom is -0.481 e. The Morgan fingerprint density at radius 1 is 1.29 bits per heavy atom. The molecule has 0 bridgehead atoms. The number of fused-ring (bicyclic) bond motifs is 1.